The summed E-state index contributed by atoms with van der Waals surface area (Å²) in [6, 6.07) is 15.7. The fraction of sp³-hybridized carbons (Fsp3) is 0.238. The van der Waals surface area contributed by atoms with E-state index < -0.39 is 17.8 Å². The highest BCUT2D eigenvalue weighted by molar-refractivity contribution is 6.30. The van der Waals surface area contributed by atoms with Crippen LogP contribution in [-0.4, -0.2) is 42.4 Å². The first-order valence-corrected chi connectivity index (χ1v) is 9.37. The molecule has 1 saturated heterocycles. The lowest BCUT2D eigenvalue weighted by molar-refractivity contribution is -0.288. The van der Waals surface area contributed by atoms with E-state index in [1.165, 1.54) is 0 Å². The second-order valence-electron chi connectivity index (χ2n) is 6.69. The van der Waals surface area contributed by atoms with Gasteiger partial charge in [-0.05, 0) is 28.8 Å². The van der Waals surface area contributed by atoms with Gasteiger partial charge >= 0.3 is 17.8 Å². The second kappa shape index (κ2) is 7.75. The van der Waals surface area contributed by atoms with E-state index in [-0.39, 0.29) is 6.54 Å². The maximum Gasteiger partial charge on any atom is 0.335 e. The van der Waals surface area contributed by atoms with Crippen LogP contribution < -0.4 is 5.32 Å². The Balaban J connectivity index is 1.54. The van der Waals surface area contributed by atoms with Gasteiger partial charge in [-0.25, -0.2) is 14.5 Å². The van der Waals surface area contributed by atoms with Crippen LogP contribution in [0.5, 0.6) is 0 Å². The molecule has 2 aromatic rings. The summed E-state index contributed by atoms with van der Waals surface area (Å²) in [5.41, 5.74) is 3.17. The first-order chi connectivity index (χ1) is 13.5. The molecule has 1 spiro atoms. The molecular weight excluding hydrogens is 380 g/mol. The van der Waals surface area contributed by atoms with Crippen molar-refractivity contribution < 1.29 is 19.1 Å². The number of halogens is 1. The first-order valence-electron chi connectivity index (χ1n) is 8.99. The van der Waals surface area contributed by atoms with E-state index in [1.54, 1.807) is 0 Å². The molecule has 2 aliphatic rings. The number of benzene rings is 2. The number of nitrogens with zero attached hydrogens (tertiary/aromatic N) is 1. The van der Waals surface area contributed by atoms with Crippen LogP contribution in [-0.2, 0) is 25.6 Å². The summed E-state index contributed by atoms with van der Waals surface area (Å²) in [5.74, 6) is -2.64. The van der Waals surface area contributed by atoms with Crippen molar-refractivity contribution in [2.24, 2.45) is 0 Å². The van der Waals surface area contributed by atoms with Crippen molar-refractivity contribution in [2.75, 3.05) is 19.6 Å². The van der Waals surface area contributed by atoms with Gasteiger partial charge in [-0.3, -0.25) is 0 Å². The average molecular weight is 399 g/mol. The Morgan fingerprint density at radius 3 is 2.11 bits per heavy atom. The molecule has 144 valence electrons. The molecule has 0 bridgehead atoms. The predicted molar refractivity (Wildman–Crippen MR) is 104 cm³/mol. The van der Waals surface area contributed by atoms with E-state index in [1.807, 2.05) is 53.4 Å². The summed E-state index contributed by atoms with van der Waals surface area (Å²) >= 11 is 5.95. The smallest absolute Gasteiger partial charge is 0.335 e. The van der Waals surface area contributed by atoms with Crippen molar-refractivity contribution in [3.05, 3.63) is 71.3 Å². The van der Waals surface area contributed by atoms with E-state index in [2.05, 4.69) is 5.32 Å². The standard InChI is InChI=1S/C21H19ClN2O4/c22-18-7-5-17(6-8-18)16-3-1-15(2-4-16)13-24-12-11-23-14-21(24)27-19(25)9-10-20(26)28-21/h1-10,23H,11-14H2. The Hall–Kier alpha value is -2.67. The second-order valence-corrected chi connectivity index (χ2v) is 7.13. The molecule has 0 amide bonds. The van der Waals surface area contributed by atoms with E-state index in [0.29, 0.717) is 24.7 Å². The summed E-state index contributed by atoms with van der Waals surface area (Å²) in [5, 5.41) is 3.83. The Morgan fingerprint density at radius 2 is 1.50 bits per heavy atom. The SMILES string of the molecule is O=C1C=CC(=O)OC2(CNCCN2Cc2ccc(-c3ccc(Cl)cc3)cc2)O1. The van der Waals surface area contributed by atoms with Crippen molar-refractivity contribution >= 4 is 23.5 Å². The molecule has 0 radical (unpaired) electrons. The van der Waals surface area contributed by atoms with Gasteiger partial charge in [-0.15, -0.1) is 0 Å². The number of esters is 2. The molecule has 2 heterocycles. The molecule has 0 atom stereocenters. The topological polar surface area (TPSA) is 67.9 Å². The summed E-state index contributed by atoms with van der Waals surface area (Å²) in [6.45, 7) is 1.96. The van der Waals surface area contributed by atoms with Crippen molar-refractivity contribution in [1.82, 2.24) is 10.2 Å². The van der Waals surface area contributed by atoms with E-state index in [4.69, 9.17) is 21.1 Å². The van der Waals surface area contributed by atoms with Gasteiger partial charge in [0.2, 0.25) is 0 Å². The number of nitrogens with one attached hydrogen (secondary N) is 1. The van der Waals surface area contributed by atoms with Crippen LogP contribution in [0, 0.1) is 0 Å². The van der Waals surface area contributed by atoms with Crippen molar-refractivity contribution in [2.45, 2.75) is 12.5 Å². The first kappa shape index (κ1) is 18.7. The molecule has 1 N–H and O–H groups in total. The number of rotatable bonds is 3. The van der Waals surface area contributed by atoms with Crippen LogP contribution >= 0.6 is 11.6 Å². The predicted octanol–water partition coefficient (Wildman–Crippen LogP) is 2.72. The number of hydrogen-bond acceptors (Lipinski definition) is 6. The zero-order valence-corrected chi connectivity index (χ0v) is 15.8. The summed E-state index contributed by atoms with van der Waals surface area (Å²) in [7, 11) is 0. The average Bonchev–Trinajstić information content (AvgIpc) is 2.83. The molecule has 0 aliphatic carbocycles. The van der Waals surface area contributed by atoms with Crippen molar-refractivity contribution in [1.29, 1.82) is 0 Å². The van der Waals surface area contributed by atoms with Crippen LogP contribution in [0.15, 0.2) is 60.7 Å². The van der Waals surface area contributed by atoms with Gasteiger partial charge in [0.1, 0.15) is 0 Å². The zero-order valence-electron chi connectivity index (χ0n) is 15.1. The largest absolute Gasteiger partial charge is 0.404 e. The Morgan fingerprint density at radius 1 is 0.929 bits per heavy atom. The van der Waals surface area contributed by atoms with Crippen molar-refractivity contribution in [3.8, 4) is 11.1 Å². The third kappa shape index (κ3) is 3.94. The lowest BCUT2D eigenvalue weighted by Gasteiger charge is -2.43. The monoisotopic (exact) mass is 398 g/mol. The molecule has 6 nitrogen and oxygen atoms in total. The third-order valence-electron chi connectivity index (χ3n) is 4.77. The van der Waals surface area contributed by atoms with Gasteiger partial charge in [0.15, 0.2) is 0 Å². The Kier molecular flexibility index (Phi) is 5.17. The van der Waals surface area contributed by atoms with Crippen LogP contribution in [0.2, 0.25) is 5.02 Å². The number of carbonyl (C=O) groups excluding carboxylic acids is 2. The highest BCUT2D eigenvalue weighted by Crippen LogP contribution is 2.27. The van der Waals surface area contributed by atoms with E-state index in [0.717, 1.165) is 28.8 Å². The van der Waals surface area contributed by atoms with Crippen LogP contribution in [0.4, 0.5) is 0 Å². The highest BCUT2D eigenvalue weighted by atomic mass is 35.5. The van der Waals surface area contributed by atoms with Gasteiger partial charge in [0, 0.05) is 36.8 Å². The molecular formula is C21H19ClN2O4. The molecule has 0 unspecified atom stereocenters. The van der Waals surface area contributed by atoms with Crippen LogP contribution in [0.3, 0.4) is 0 Å². The van der Waals surface area contributed by atoms with Gasteiger partial charge in [0.25, 0.3) is 0 Å². The molecule has 2 aliphatic heterocycles. The zero-order chi connectivity index (χ0) is 19.6. The van der Waals surface area contributed by atoms with E-state index >= 15 is 0 Å². The minimum atomic E-state index is -1.44. The number of hydrogen-bond donors (Lipinski definition) is 1. The fourth-order valence-electron chi connectivity index (χ4n) is 3.35. The number of carbonyl (C=O) groups is 2. The van der Waals surface area contributed by atoms with E-state index in [9.17, 15) is 9.59 Å². The van der Waals surface area contributed by atoms with Gasteiger partial charge in [-0.1, -0.05) is 48.0 Å². The highest BCUT2D eigenvalue weighted by Gasteiger charge is 2.47. The van der Waals surface area contributed by atoms with Crippen molar-refractivity contribution in [3.63, 3.8) is 0 Å². The number of piperazine rings is 1. The van der Waals surface area contributed by atoms with Crippen LogP contribution in [0.1, 0.15) is 5.56 Å². The molecule has 0 aromatic heterocycles. The lowest BCUT2D eigenvalue weighted by Crippen LogP contribution is -2.64. The Bertz CT molecular complexity index is 889. The molecule has 28 heavy (non-hydrogen) atoms. The van der Waals surface area contributed by atoms with Gasteiger partial charge < -0.3 is 14.8 Å². The lowest BCUT2D eigenvalue weighted by atomic mass is 10.0. The molecule has 4 rings (SSSR count). The summed E-state index contributed by atoms with van der Waals surface area (Å²) in [4.78, 5) is 25.7. The fourth-order valence-corrected chi connectivity index (χ4v) is 3.47. The summed E-state index contributed by atoms with van der Waals surface area (Å²) < 4.78 is 11.0. The maximum atomic E-state index is 11.9. The minimum absolute atomic E-state index is 0.217. The Labute approximate surface area is 167 Å². The molecule has 0 saturated carbocycles. The normalized spacial score (nSPS) is 19.2. The molecule has 2 aromatic carbocycles. The van der Waals surface area contributed by atoms with Gasteiger partial charge in [-0.2, -0.15) is 0 Å². The molecule has 7 heteroatoms. The molecule has 1 fully saturated rings. The maximum absolute atomic E-state index is 11.9. The number of ether oxygens (including phenoxy) is 2. The van der Waals surface area contributed by atoms with Crippen LogP contribution in [0.25, 0.3) is 11.1 Å². The van der Waals surface area contributed by atoms with Gasteiger partial charge in [0.05, 0.1) is 6.54 Å². The minimum Gasteiger partial charge on any atom is -0.404 e. The third-order valence-corrected chi connectivity index (χ3v) is 5.02. The summed E-state index contributed by atoms with van der Waals surface area (Å²) in [6.07, 6.45) is 2.18. The quantitative estimate of drug-likeness (QED) is 0.802.